The Kier molecular flexibility index (Phi) is 4.13. The number of aryl methyl sites for hydroxylation is 2. The fourth-order valence-corrected chi connectivity index (χ4v) is 6.42. The minimum absolute atomic E-state index is 0.00179. The van der Waals surface area contributed by atoms with Crippen molar-refractivity contribution in [1.82, 2.24) is 20.0 Å². The lowest BCUT2D eigenvalue weighted by molar-refractivity contribution is -0.000875. The summed E-state index contributed by atoms with van der Waals surface area (Å²) in [5.74, 6) is 1.02. The lowest BCUT2D eigenvalue weighted by Gasteiger charge is -2.29. The van der Waals surface area contributed by atoms with Gasteiger partial charge in [-0.3, -0.25) is 14.4 Å². The topological polar surface area (TPSA) is 59.4 Å². The molecule has 2 bridgehead atoms. The second-order valence-corrected chi connectivity index (χ2v) is 9.29. The highest BCUT2D eigenvalue weighted by molar-refractivity contribution is 5.94. The molecular formula is C21H32N4O2. The molecule has 6 nitrogen and oxygen atoms in total. The van der Waals surface area contributed by atoms with Crippen molar-refractivity contribution in [2.45, 2.75) is 70.1 Å². The molecule has 3 aliphatic heterocycles. The van der Waals surface area contributed by atoms with E-state index in [9.17, 15) is 4.79 Å². The number of nitrogens with one attached hydrogen (secondary N) is 1. The molecule has 5 rings (SSSR count). The summed E-state index contributed by atoms with van der Waals surface area (Å²) in [4.78, 5) is 15.5. The van der Waals surface area contributed by atoms with E-state index in [0.717, 1.165) is 43.4 Å². The third kappa shape index (κ3) is 2.67. The largest absolute Gasteiger partial charge is 0.370 e. The van der Waals surface area contributed by atoms with Gasteiger partial charge in [-0.25, -0.2) is 0 Å². The minimum Gasteiger partial charge on any atom is -0.370 e. The standard InChI is InChI=1S/C21H32N4O2/c1-13-14(2)23-24(3)19(13)20(26)22-10-16-17-11-25(15-6-4-5-7-15)12-21(17)9-8-18(16)27-21/h15-18H,4-12H2,1-3H3,(H,22,26)/t16-,17+,18+,21+/m0/s1. The van der Waals surface area contributed by atoms with Gasteiger partial charge >= 0.3 is 0 Å². The number of hydrogen-bond donors (Lipinski definition) is 1. The molecule has 1 aromatic heterocycles. The third-order valence-corrected chi connectivity index (χ3v) is 7.89. The van der Waals surface area contributed by atoms with Crippen molar-refractivity contribution in [2.75, 3.05) is 19.6 Å². The molecule has 27 heavy (non-hydrogen) atoms. The van der Waals surface area contributed by atoms with Crippen molar-refractivity contribution >= 4 is 5.91 Å². The van der Waals surface area contributed by atoms with Gasteiger partial charge in [0.15, 0.2) is 0 Å². The van der Waals surface area contributed by atoms with E-state index < -0.39 is 0 Å². The van der Waals surface area contributed by atoms with Gasteiger partial charge in [-0.1, -0.05) is 12.8 Å². The summed E-state index contributed by atoms with van der Waals surface area (Å²) < 4.78 is 8.27. The summed E-state index contributed by atoms with van der Waals surface area (Å²) in [6.45, 7) is 6.92. The molecule has 1 saturated carbocycles. The molecule has 1 aromatic rings. The summed E-state index contributed by atoms with van der Waals surface area (Å²) >= 11 is 0. The van der Waals surface area contributed by atoms with Gasteiger partial charge in [0.2, 0.25) is 0 Å². The second-order valence-electron chi connectivity index (χ2n) is 9.29. The van der Waals surface area contributed by atoms with Crippen molar-refractivity contribution < 1.29 is 9.53 Å². The number of hydrogen-bond acceptors (Lipinski definition) is 4. The average molecular weight is 373 g/mol. The van der Waals surface area contributed by atoms with E-state index in [1.807, 2.05) is 20.9 Å². The van der Waals surface area contributed by atoms with Crippen LogP contribution in [0.5, 0.6) is 0 Å². The predicted octanol–water partition coefficient (Wildman–Crippen LogP) is 2.19. The molecule has 1 aliphatic carbocycles. The molecule has 4 aliphatic rings. The van der Waals surface area contributed by atoms with Crippen LogP contribution in [0.4, 0.5) is 0 Å². The first-order valence-electron chi connectivity index (χ1n) is 10.7. The van der Waals surface area contributed by atoms with E-state index in [2.05, 4.69) is 15.3 Å². The monoisotopic (exact) mass is 372 g/mol. The molecule has 4 fully saturated rings. The zero-order valence-corrected chi connectivity index (χ0v) is 16.8. The van der Waals surface area contributed by atoms with Gasteiger partial charge < -0.3 is 10.1 Å². The van der Waals surface area contributed by atoms with Crippen LogP contribution in [-0.2, 0) is 11.8 Å². The Morgan fingerprint density at radius 1 is 1.30 bits per heavy atom. The van der Waals surface area contributed by atoms with Crippen LogP contribution in [0.25, 0.3) is 0 Å². The molecule has 0 unspecified atom stereocenters. The summed E-state index contributed by atoms with van der Waals surface area (Å²) in [6, 6.07) is 0.767. The molecule has 148 valence electrons. The zero-order chi connectivity index (χ0) is 18.8. The van der Waals surface area contributed by atoms with Crippen molar-refractivity contribution in [3.05, 3.63) is 17.0 Å². The fraction of sp³-hybridized carbons (Fsp3) is 0.810. The summed E-state index contributed by atoms with van der Waals surface area (Å²) in [5, 5.41) is 7.60. The van der Waals surface area contributed by atoms with E-state index in [0.29, 0.717) is 23.6 Å². The van der Waals surface area contributed by atoms with Gasteiger partial charge in [-0.05, 0) is 39.5 Å². The van der Waals surface area contributed by atoms with E-state index in [1.54, 1.807) is 4.68 Å². The van der Waals surface area contributed by atoms with E-state index >= 15 is 0 Å². The smallest absolute Gasteiger partial charge is 0.269 e. The van der Waals surface area contributed by atoms with Crippen LogP contribution in [0, 0.1) is 25.7 Å². The van der Waals surface area contributed by atoms with Gasteiger partial charge in [0.25, 0.3) is 5.91 Å². The zero-order valence-electron chi connectivity index (χ0n) is 16.8. The molecular weight excluding hydrogens is 340 g/mol. The highest BCUT2D eigenvalue weighted by Gasteiger charge is 2.63. The Hall–Kier alpha value is -1.40. The Morgan fingerprint density at radius 3 is 2.78 bits per heavy atom. The van der Waals surface area contributed by atoms with Gasteiger partial charge in [-0.15, -0.1) is 0 Å². The number of nitrogens with zero attached hydrogens (tertiary/aromatic N) is 3. The summed E-state index contributed by atoms with van der Waals surface area (Å²) in [7, 11) is 1.85. The van der Waals surface area contributed by atoms with Crippen molar-refractivity contribution in [3.63, 3.8) is 0 Å². The van der Waals surface area contributed by atoms with Crippen molar-refractivity contribution in [1.29, 1.82) is 0 Å². The quantitative estimate of drug-likeness (QED) is 0.880. The van der Waals surface area contributed by atoms with Crippen LogP contribution in [0.1, 0.15) is 60.3 Å². The van der Waals surface area contributed by atoms with Crippen molar-refractivity contribution in [2.24, 2.45) is 18.9 Å². The first-order chi connectivity index (χ1) is 13.0. The van der Waals surface area contributed by atoms with Gasteiger partial charge in [0.1, 0.15) is 5.69 Å². The first-order valence-corrected chi connectivity index (χ1v) is 10.7. The maximum atomic E-state index is 12.8. The average Bonchev–Trinajstić information content (AvgIpc) is 3.40. The minimum atomic E-state index is -0.00179. The normalized spacial score (nSPS) is 35.9. The molecule has 0 aromatic carbocycles. The van der Waals surface area contributed by atoms with E-state index in [4.69, 9.17) is 4.74 Å². The number of amides is 1. The summed E-state index contributed by atoms with van der Waals surface area (Å²) in [6.07, 6.45) is 8.15. The Labute approximate surface area is 161 Å². The lowest BCUT2D eigenvalue weighted by atomic mass is 9.73. The number of ether oxygens (including phenoxy) is 1. The highest BCUT2D eigenvalue weighted by Crippen LogP contribution is 2.55. The van der Waals surface area contributed by atoms with Crippen LogP contribution in [0.2, 0.25) is 0 Å². The maximum absolute atomic E-state index is 12.8. The van der Waals surface area contributed by atoms with Crippen molar-refractivity contribution in [3.8, 4) is 0 Å². The Morgan fingerprint density at radius 2 is 2.07 bits per heavy atom. The number of fused-ring (bicyclic) bond motifs is 1. The van der Waals surface area contributed by atoms with Crippen LogP contribution in [-0.4, -0.2) is 58.0 Å². The molecule has 0 radical (unpaired) electrons. The molecule has 4 atom stereocenters. The molecule has 1 N–H and O–H groups in total. The van der Waals surface area contributed by atoms with Crippen LogP contribution < -0.4 is 5.32 Å². The first kappa shape index (κ1) is 17.7. The molecule has 1 spiro atoms. The lowest BCUT2D eigenvalue weighted by Crippen LogP contribution is -2.42. The molecule has 1 amide bonds. The fourth-order valence-electron chi connectivity index (χ4n) is 6.42. The predicted molar refractivity (Wildman–Crippen MR) is 103 cm³/mol. The Balaban J connectivity index is 1.28. The number of carbonyl (C=O) groups excluding carboxylic acids is 1. The van der Waals surface area contributed by atoms with E-state index in [1.165, 1.54) is 32.1 Å². The third-order valence-electron chi connectivity index (χ3n) is 7.89. The number of likely N-dealkylation sites (tertiary alicyclic amines) is 1. The number of aromatic nitrogens is 2. The molecule has 4 heterocycles. The van der Waals surface area contributed by atoms with Gasteiger partial charge in [0.05, 0.1) is 17.4 Å². The van der Waals surface area contributed by atoms with E-state index in [-0.39, 0.29) is 11.5 Å². The molecule has 3 saturated heterocycles. The van der Waals surface area contributed by atoms with Crippen LogP contribution >= 0.6 is 0 Å². The van der Waals surface area contributed by atoms with Crippen LogP contribution in [0.3, 0.4) is 0 Å². The maximum Gasteiger partial charge on any atom is 0.269 e. The molecule has 6 heteroatoms. The van der Waals surface area contributed by atoms with Crippen LogP contribution in [0.15, 0.2) is 0 Å². The number of carbonyl (C=O) groups is 1. The second kappa shape index (κ2) is 6.31. The Bertz CT molecular complexity index is 754. The summed E-state index contributed by atoms with van der Waals surface area (Å²) in [5.41, 5.74) is 2.66. The van der Waals surface area contributed by atoms with Gasteiger partial charge in [0, 0.05) is 50.1 Å². The highest BCUT2D eigenvalue weighted by atomic mass is 16.5. The number of rotatable bonds is 4. The van der Waals surface area contributed by atoms with Gasteiger partial charge in [-0.2, -0.15) is 5.10 Å². The SMILES string of the molecule is Cc1nn(C)c(C(=O)NC[C@H]2[C@H]3CN(C4CCCC4)C[C@]34CC[C@H]2O4)c1C.